The highest BCUT2D eigenvalue weighted by molar-refractivity contribution is 6.07. The van der Waals surface area contributed by atoms with Crippen LogP contribution in [-0.2, 0) is 15.1 Å². The highest BCUT2D eigenvalue weighted by Crippen LogP contribution is 2.26. The van der Waals surface area contributed by atoms with Gasteiger partial charge in [0.25, 0.3) is 5.91 Å². The van der Waals surface area contributed by atoms with E-state index >= 15 is 0 Å². The van der Waals surface area contributed by atoms with Crippen LogP contribution in [0.2, 0.25) is 0 Å². The van der Waals surface area contributed by atoms with Crippen molar-refractivity contribution in [3.8, 4) is 5.75 Å². The van der Waals surface area contributed by atoms with Crippen LogP contribution in [0.3, 0.4) is 0 Å². The normalized spacial score (nSPS) is 22.0. The summed E-state index contributed by atoms with van der Waals surface area (Å²) in [6.45, 7) is 2.64. The summed E-state index contributed by atoms with van der Waals surface area (Å²) in [4.78, 5) is 23.0. The number of carbonyl (C=O) groups is 2. The number of ether oxygens (including phenoxy) is 2. The molecular formula is C13H16N2O4. The second-order valence-corrected chi connectivity index (χ2v) is 4.40. The second kappa shape index (κ2) is 5.27. The van der Waals surface area contributed by atoms with Gasteiger partial charge < -0.3 is 14.8 Å². The lowest BCUT2D eigenvalue weighted by Gasteiger charge is -2.21. The van der Waals surface area contributed by atoms with Crippen LogP contribution in [0.15, 0.2) is 24.3 Å². The SMILES string of the molecule is COCCOc1ccc(C2(C)NC(=O)NC2=O)cc1. The van der Waals surface area contributed by atoms with Crippen LogP contribution >= 0.6 is 0 Å². The summed E-state index contributed by atoms with van der Waals surface area (Å²) < 4.78 is 10.3. The molecule has 1 saturated heterocycles. The molecule has 0 bridgehead atoms. The molecule has 1 atom stereocenters. The first-order chi connectivity index (χ1) is 9.06. The highest BCUT2D eigenvalue weighted by Gasteiger charge is 2.43. The molecular weight excluding hydrogens is 248 g/mol. The predicted octanol–water partition coefficient (Wildman–Crippen LogP) is 0.766. The third-order valence-corrected chi connectivity index (χ3v) is 3.03. The molecule has 1 aromatic rings. The van der Waals surface area contributed by atoms with E-state index in [1.807, 2.05) is 0 Å². The predicted molar refractivity (Wildman–Crippen MR) is 67.8 cm³/mol. The Morgan fingerprint density at radius 2 is 1.84 bits per heavy atom. The Morgan fingerprint density at radius 1 is 1.16 bits per heavy atom. The van der Waals surface area contributed by atoms with E-state index in [2.05, 4.69) is 10.6 Å². The van der Waals surface area contributed by atoms with Gasteiger partial charge in [-0.15, -0.1) is 0 Å². The van der Waals surface area contributed by atoms with Gasteiger partial charge in [-0.05, 0) is 24.6 Å². The Labute approximate surface area is 111 Å². The number of rotatable bonds is 5. The molecule has 102 valence electrons. The topological polar surface area (TPSA) is 76.7 Å². The van der Waals surface area contributed by atoms with E-state index in [4.69, 9.17) is 9.47 Å². The lowest BCUT2D eigenvalue weighted by Crippen LogP contribution is -2.40. The molecule has 1 aliphatic rings. The van der Waals surface area contributed by atoms with Crippen molar-refractivity contribution in [3.05, 3.63) is 29.8 Å². The maximum absolute atomic E-state index is 11.8. The van der Waals surface area contributed by atoms with Gasteiger partial charge in [0.15, 0.2) is 0 Å². The van der Waals surface area contributed by atoms with Crippen LogP contribution in [0.1, 0.15) is 12.5 Å². The van der Waals surface area contributed by atoms with Crippen molar-refractivity contribution in [1.82, 2.24) is 10.6 Å². The second-order valence-electron chi connectivity index (χ2n) is 4.40. The van der Waals surface area contributed by atoms with Crippen LogP contribution in [0.5, 0.6) is 5.75 Å². The summed E-state index contributed by atoms with van der Waals surface area (Å²) in [7, 11) is 1.61. The van der Waals surface area contributed by atoms with Crippen molar-refractivity contribution in [2.24, 2.45) is 0 Å². The Kier molecular flexibility index (Phi) is 3.71. The fraction of sp³-hybridized carbons (Fsp3) is 0.385. The van der Waals surface area contributed by atoms with Crippen molar-refractivity contribution in [3.63, 3.8) is 0 Å². The zero-order chi connectivity index (χ0) is 13.9. The number of hydrogen-bond acceptors (Lipinski definition) is 4. The minimum Gasteiger partial charge on any atom is -0.491 e. The van der Waals surface area contributed by atoms with Gasteiger partial charge in [0.2, 0.25) is 0 Å². The van der Waals surface area contributed by atoms with E-state index in [-0.39, 0.29) is 5.91 Å². The number of nitrogens with one attached hydrogen (secondary N) is 2. The Bertz CT molecular complexity index is 486. The molecule has 6 nitrogen and oxygen atoms in total. The molecule has 1 heterocycles. The summed E-state index contributed by atoms with van der Waals surface area (Å²) >= 11 is 0. The number of imide groups is 1. The van der Waals surface area contributed by atoms with Crippen LogP contribution in [0.4, 0.5) is 4.79 Å². The molecule has 0 saturated carbocycles. The first-order valence-corrected chi connectivity index (χ1v) is 5.92. The molecule has 3 amide bonds. The van der Waals surface area contributed by atoms with E-state index in [0.717, 1.165) is 0 Å². The molecule has 1 aliphatic heterocycles. The standard InChI is InChI=1S/C13H16N2O4/c1-13(11(16)14-12(17)15-13)9-3-5-10(6-4-9)19-8-7-18-2/h3-6H,7-8H2,1-2H3,(H2,14,15,16,17). The highest BCUT2D eigenvalue weighted by atomic mass is 16.5. The van der Waals surface area contributed by atoms with E-state index in [1.165, 1.54) is 0 Å². The fourth-order valence-electron chi connectivity index (χ4n) is 1.87. The van der Waals surface area contributed by atoms with Crippen LogP contribution in [0, 0.1) is 0 Å². The summed E-state index contributed by atoms with van der Waals surface area (Å²) in [5.41, 5.74) is -0.322. The largest absolute Gasteiger partial charge is 0.491 e. The number of urea groups is 1. The molecule has 1 fully saturated rings. The van der Waals surface area contributed by atoms with Gasteiger partial charge in [-0.2, -0.15) is 0 Å². The van der Waals surface area contributed by atoms with Crippen molar-refractivity contribution in [1.29, 1.82) is 0 Å². The summed E-state index contributed by atoms with van der Waals surface area (Å²) in [6.07, 6.45) is 0. The number of carbonyl (C=O) groups excluding carboxylic acids is 2. The average molecular weight is 264 g/mol. The van der Waals surface area contributed by atoms with Crippen LogP contribution in [0.25, 0.3) is 0 Å². The van der Waals surface area contributed by atoms with Gasteiger partial charge in [-0.1, -0.05) is 12.1 Å². The quantitative estimate of drug-likeness (QED) is 0.608. The maximum Gasteiger partial charge on any atom is 0.322 e. The van der Waals surface area contributed by atoms with Gasteiger partial charge in [-0.3, -0.25) is 10.1 Å². The Hall–Kier alpha value is -2.08. The molecule has 0 radical (unpaired) electrons. The third kappa shape index (κ3) is 2.68. The number of hydrogen-bond donors (Lipinski definition) is 2. The number of benzene rings is 1. The summed E-state index contributed by atoms with van der Waals surface area (Å²) in [5, 5.41) is 4.83. The smallest absolute Gasteiger partial charge is 0.322 e. The van der Waals surface area contributed by atoms with Crippen LogP contribution < -0.4 is 15.4 Å². The molecule has 2 N–H and O–H groups in total. The summed E-state index contributed by atoms with van der Waals surface area (Å²) in [6, 6.07) is 6.55. The van der Waals surface area contributed by atoms with Gasteiger partial charge in [-0.25, -0.2) is 4.79 Å². The number of methoxy groups -OCH3 is 1. The van der Waals surface area contributed by atoms with Crippen molar-refractivity contribution >= 4 is 11.9 Å². The molecule has 1 aromatic carbocycles. The van der Waals surface area contributed by atoms with Gasteiger partial charge >= 0.3 is 6.03 Å². The molecule has 2 rings (SSSR count). The van der Waals surface area contributed by atoms with E-state index in [1.54, 1.807) is 38.3 Å². The molecule has 0 aliphatic carbocycles. The summed E-state index contributed by atoms with van der Waals surface area (Å²) in [5.74, 6) is 0.333. The number of amides is 3. The van der Waals surface area contributed by atoms with E-state index in [0.29, 0.717) is 24.5 Å². The Morgan fingerprint density at radius 3 is 2.37 bits per heavy atom. The minimum atomic E-state index is -1.03. The monoisotopic (exact) mass is 264 g/mol. The molecule has 6 heteroatoms. The van der Waals surface area contributed by atoms with Crippen molar-refractivity contribution < 1.29 is 19.1 Å². The van der Waals surface area contributed by atoms with E-state index < -0.39 is 11.6 Å². The van der Waals surface area contributed by atoms with Crippen molar-refractivity contribution in [2.75, 3.05) is 20.3 Å². The molecule has 1 unspecified atom stereocenters. The van der Waals surface area contributed by atoms with Crippen molar-refractivity contribution in [2.45, 2.75) is 12.5 Å². The third-order valence-electron chi connectivity index (χ3n) is 3.03. The van der Waals surface area contributed by atoms with Gasteiger partial charge in [0.1, 0.15) is 17.9 Å². The molecule has 0 aromatic heterocycles. The zero-order valence-electron chi connectivity index (χ0n) is 10.9. The first-order valence-electron chi connectivity index (χ1n) is 5.92. The maximum atomic E-state index is 11.8. The van der Waals surface area contributed by atoms with E-state index in [9.17, 15) is 9.59 Å². The molecule has 0 spiro atoms. The van der Waals surface area contributed by atoms with Gasteiger partial charge in [0.05, 0.1) is 6.61 Å². The molecule has 19 heavy (non-hydrogen) atoms. The lowest BCUT2D eigenvalue weighted by molar-refractivity contribution is -0.123. The van der Waals surface area contributed by atoms with Gasteiger partial charge in [0, 0.05) is 7.11 Å². The fourth-order valence-corrected chi connectivity index (χ4v) is 1.87. The zero-order valence-corrected chi connectivity index (χ0v) is 10.9. The van der Waals surface area contributed by atoms with Crippen LogP contribution in [-0.4, -0.2) is 32.3 Å². The average Bonchev–Trinajstić information content (AvgIpc) is 2.65. The Balaban J connectivity index is 2.10. The first kappa shape index (κ1) is 13.4. The minimum absolute atomic E-state index is 0.356. The lowest BCUT2D eigenvalue weighted by atomic mass is 9.92.